The van der Waals surface area contributed by atoms with Gasteiger partial charge in [-0.15, -0.1) is 0 Å². The summed E-state index contributed by atoms with van der Waals surface area (Å²) in [5.41, 5.74) is 9.03. The van der Waals surface area contributed by atoms with E-state index in [4.69, 9.17) is 0 Å². The van der Waals surface area contributed by atoms with Crippen molar-refractivity contribution in [2.45, 2.75) is 26.2 Å². The summed E-state index contributed by atoms with van der Waals surface area (Å²) in [5, 5.41) is 7.71. The van der Waals surface area contributed by atoms with E-state index in [0.717, 1.165) is 0 Å². The first-order valence-electron chi connectivity index (χ1n) is 14.1. The lowest BCUT2D eigenvalue weighted by Crippen LogP contribution is -2.10. The molecule has 0 fully saturated rings. The van der Waals surface area contributed by atoms with Crippen molar-refractivity contribution in [2.24, 2.45) is 0 Å². The van der Waals surface area contributed by atoms with Crippen LogP contribution in [0.3, 0.4) is 0 Å². The summed E-state index contributed by atoms with van der Waals surface area (Å²) in [5.74, 6) is 0. The fraction of sp³-hybridized carbons (Fsp3) is 0.100. The standard InChI is InChI=1S/C40H32/c1-40(2,3)33-22-23-36-37(26-33)39(35-17-11-10-16-34(35)38(36)28-14-8-5-9-15-28)32-21-20-30-24-29(18-19-31(30)25-32)27-12-6-4-7-13-27/h4-26H,1-3H3. The molecule has 0 spiro atoms. The number of hydrogen-bond donors (Lipinski definition) is 0. The third-order valence-electron chi connectivity index (χ3n) is 8.19. The minimum absolute atomic E-state index is 0.0568. The van der Waals surface area contributed by atoms with Crippen molar-refractivity contribution in [1.82, 2.24) is 0 Å². The summed E-state index contributed by atoms with van der Waals surface area (Å²) in [6.07, 6.45) is 0. The van der Waals surface area contributed by atoms with Crippen LogP contribution >= 0.6 is 0 Å². The van der Waals surface area contributed by atoms with Gasteiger partial charge >= 0.3 is 0 Å². The van der Waals surface area contributed by atoms with Crippen LogP contribution in [0.2, 0.25) is 0 Å². The topological polar surface area (TPSA) is 0 Å². The van der Waals surface area contributed by atoms with Crippen molar-refractivity contribution in [2.75, 3.05) is 0 Å². The molecule has 0 radical (unpaired) electrons. The van der Waals surface area contributed by atoms with E-state index >= 15 is 0 Å². The number of rotatable bonds is 3. The minimum Gasteiger partial charge on any atom is -0.0622 e. The molecule has 0 bridgehead atoms. The highest BCUT2D eigenvalue weighted by molar-refractivity contribution is 6.21. The minimum atomic E-state index is 0.0568. The summed E-state index contributed by atoms with van der Waals surface area (Å²) in [6.45, 7) is 6.90. The Balaban J connectivity index is 1.53. The van der Waals surface area contributed by atoms with E-state index in [-0.39, 0.29) is 5.41 Å². The van der Waals surface area contributed by atoms with Crippen molar-refractivity contribution in [3.63, 3.8) is 0 Å². The Bertz CT molecular complexity index is 2010. The second-order valence-corrected chi connectivity index (χ2v) is 11.8. The molecular formula is C40H32. The fourth-order valence-electron chi connectivity index (χ4n) is 6.08. The third-order valence-corrected chi connectivity index (χ3v) is 8.19. The van der Waals surface area contributed by atoms with Gasteiger partial charge in [-0.05, 0) is 94.9 Å². The lowest BCUT2D eigenvalue weighted by molar-refractivity contribution is 0.591. The van der Waals surface area contributed by atoms with Crippen LogP contribution in [0.15, 0.2) is 140 Å². The molecule has 0 saturated heterocycles. The Morgan fingerprint density at radius 1 is 0.350 bits per heavy atom. The second-order valence-electron chi connectivity index (χ2n) is 11.8. The molecule has 7 aromatic carbocycles. The molecule has 192 valence electrons. The summed E-state index contributed by atoms with van der Waals surface area (Å²) in [4.78, 5) is 0. The molecule has 0 amide bonds. The molecule has 0 saturated carbocycles. The van der Waals surface area contributed by atoms with Gasteiger partial charge in [0.15, 0.2) is 0 Å². The van der Waals surface area contributed by atoms with Crippen molar-refractivity contribution in [3.05, 3.63) is 145 Å². The zero-order chi connectivity index (χ0) is 27.3. The van der Waals surface area contributed by atoms with Gasteiger partial charge in [0.05, 0.1) is 0 Å². The van der Waals surface area contributed by atoms with Crippen LogP contribution in [0.25, 0.3) is 65.7 Å². The van der Waals surface area contributed by atoms with Gasteiger partial charge in [0.1, 0.15) is 0 Å². The molecule has 7 aromatic rings. The molecule has 40 heavy (non-hydrogen) atoms. The molecule has 0 heteroatoms. The Hall–Kier alpha value is -4.68. The average molecular weight is 513 g/mol. The first kappa shape index (κ1) is 24.4. The van der Waals surface area contributed by atoms with E-state index in [0.29, 0.717) is 0 Å². The summed E-state index contributed by atoms with van der Waals surface area (Å²) in [6, 6.07) is 51.3. The molecule has 0 aliphatic heterocycles. The van der Waals surface area contributed by atoms with Gasteiger partial charge in [-0.2, -0.15) is 0 Å². The van der Waals surface area contributed by atoms with E-state index in [1.54, 1.807) is 0 Å². The Morgan fingerprint density at radius 2 is 0.850 bits per heavy atom. The smallest absolute Gasteiger partial charge is 0.00260 e. The van der Waals surface area contributed by atoms with Crippen molar-refractivity contribution >= 4 is 32.3 Å². The predicted octanol–water partition coefficient (Wildman–Crippen LogP) is 11.4. The SMILES string of the molecule is CC(C)(C)c1ccc2c(-c3ccccc3)c3ccccc3c(-c3ccc4cc(-c5ccccc5)ccc4c3)c2c1. The Labute approximate surface area is 236 Å². The summed E-state index contributed by atoms with van der Waals surface area (Å²) < 4.78 is 0. The Morgan fingerprint density at radius 3 is 1.48 bits per heavy atom. The number of benzene rings is 7. The van der Waals surface area contributed by atoms with Gasteiger partial charge in [-0.25, -0.2) is 0 Å². The van der Waals surface area contributed by atoms with E-state index in [9.17, 15) is 0 Å². The zero-order valence-corrected chi connectivity index (χ0v) is 23.3. The third kappa shape index (κ3) is 4.17. The van der Waals surface area contributed by atoms with E-state index in [1.165, 1.54) is 71.3 Å². The molecule has 7 rings (SSSR count). The van der Waals surface area contributed by atoms with Crippen LogP contribution in [-0.4, -0.2) is 0 Å². The van der Waals surface area contributed by atoms with Crippen LogP contribution < -0.4 is 0 Å². The van der Waals surface area contributed by atoms with Crippen molar-refractivity contribution < 1.29 is 0 Å². The number of hydrogen-bond acceptors (Lipinski definition) is 0. The van der Waals surface area contributed by atoms with E-state index < -0.39 is 0 Å². The largest absolute Gasteiger partial charge is 0.0622 e. The maximum absolute atomic E-state index is 2.44. The van der Waals surface area contributed by atoms with Crippen LogP contribution in [0.1, 0.15) is 26.3 Å². The monoisotopic (exact) mass is 512 g/mol. The van der Waals surface area contributed by atoms with Gasteiger partial charge in [0, 0.05) is 0 Å². The van der Waals surface area contributed by atoms with Gasteiger partial charge in [0.25, 0.3) is 0 Å². The normalized spacial score (nSPS) is 11.9. The number of fused-ring (bicyclic) bond motifs is 3. The molecule has 0 unspecified atom stereocenters. The summed E-state index contributed by atoms with van der Waals surface area (Å²) >= 11 is 0. The lowest BCUT2D eigenvalue weighted by atomic mass is 9.81. The predicted molar refractivity (Wildman–Crippen MR) is 174 cm³/mol. The highest BCUT2D eigenvalue weighted by Gasteiger charge is 2.20. The van der Waals surface area contributed by atoms with Crippen molar-refractivity contribution in [3.8, 4) is 33.4 Å². The maximum atomic E-state index is 2.44. The summed E-state index contributed by atoms with van der Waals surface area (Å²) in [7, 11) is 0. The van der Waals surface area contributed by atoms with Crippen LogP contribution in [-0.2, 0) is 5.41 Å². The lowest BCUT2D eigenvalue weighted by Gasteiger charge is -2.23. The highest BCUT2D eigenvalue weighted by Crippen LogP contribution is 2.45. The van der Waals surface area contributed by atoms with Gasteiger partial charge in [-0.1, -0.05) is 142 Å². The van der Waals surface area contributed by atoms with E-state index in [2.05, 4.69) is 160 Å². The average Bonchev–Trinajstić information content (AvgIpc) is 2.99. The molecule has 0 N–H and O–H groups in total. The molecule has 0 heterocycles. The zero-order valence-electron chi connectivity index (χ0n) is 23.3. The van der Waals surface area contributed by atoms with Crippen molar-refractivity contribution in [1.29, 1.82) is 0 Å². The first-order valence-corrected chi connectivity index (χ1v) is 14.1. The molecule has 0 atom stereocenters. The maximum Gasteiger partial charge on any atom is -0.00260 e. The fourth-order valence-corrected chi connectivity index (χ4v) is 6.08. The van der Waals surface area contributed by atoms with Crippen LogP contribution in [0.4, 0.5) is 0 Å². The quantitative estimate of drug-likeness (QED) is 0.207. The molecular weight excluding hydrogens is 480 g/mol. The highest BCUT2D eigenvalue weighted by atomic mass is 14.2. The van der Waals surface area contributed by atoms with Gasteiger partial charge in [0.2, 0.25) is 0 Å². The first-order chi connectivity index (χ1) is 19.5. The van der Waals surface area contributed by atoms with Crippen LogP contribution in [0, 0.1) is 0 Å². The van der Waals surface area contributed by atoms with Gasteiger partial charge < -0.3 is 0 Å². The Kier molecular flexibility index (Phi) is 5.79. The molecule has 0 aliphatic carbocycles. The van der Waals surface area contributed by atoms with Gasteiger partial charge in [-0.3, -0.25) is 0 Å². The molecule has 0 aliphatic rings. The second kappa shape index (κ2) is 9.50. The van der Waals surface area contributed by atoms with Crippen LogP contribution in [0.5, 0.6) is 0 Å². The van der Waals surface area contributed by atoms with E-state index in [1.807, 2.05) is 0 Å². The molecule has 0 aromatic heterocycles. The molecule has 0 nitrogen and oxygen atoms in total.